The van der Waals surface area contributed by atoms with Gasteiger partial charge in [-0.15, -0.1) is 0 Å². The number of rotatable bonds is 3. The van der Waals surface area contributed by atoms with Crippen molar-refractivity contribution in [3.63, 3.8) is 0 Å². The maximum Gasteiger partial charge on any atom is 0.312 e. The van der Waals surface area contributed by atoms with Gasteiger partial charge in [0.05, 0.1) is 12.0 Å². The molecule has 20 heavy (non-hydrogen) atoms. The number of carbonyl (C=O) groups excluding carboxylic acids is 1. The maximum atomic E-state index is 12.6. The smallest absolute Gasteiger partial charge is 0.312 e. The first-order chi connectivity index (χ1) is 9.50. The summed E-state index contributed by atoms with van der Waals surface area (Å²) >= 11 is 0. The van der Waals surface area contributed by atoms with E-state index in [1.54, 1.807) is 0 Å². The average molecular weight is 274 g/mol. The van der Waals surface area contributed by atoms with Gasteiger partial charge in [0, 0.05) is 0 Å². The molecule has 110 valence electrons. The fraction of sp³-hybridized carbons (Fsp3) is 0.833. The highest BCUT2D eigenvalue weighted by Crippen LogP contribution is 2.70. The van der Waals surface area contributed by atoms with Gasteiger partial charge < -0.3 is 4.74 Å². The zero-order chi connectivity index (χ0) is 14.1. The quantitative estimate of drug-likeness (QED) is 0.446. The molecule has 0 heterocycles. The first-order valence-corrected chi connectivity index (χ1v) is 8.36. The Morgan fingerprint density at radius 2 is 1.95 bits per heavy atom. The fourth-order valence-electron chi connectivity index (χ4n) is 6.01. The normalized spacial score (nSPS) is 51.0. The van der Waals surface area contributed by atoms with Gasteiger partial charge in [0.1, 0.15) is 0 Å². The van der Waals surface area contributed by atoms with Crippen LogP contribution in [0.2, 0.25) is 0 Å². The molecule has 0 saturated heterocycles. The summed E-state index contributed by atoms with van der Waals surface area (Å²) in [6, 6.07) is 0. The standard InChI is InChI=1S/C18H26O2/c1-10(2)9-20-17(19)18(3)8-13-7-14(18)16-12-5-4-11(6-12)15(13)16/h4-5,10-16H,6-9H2,1-3H3. The molecular weight excluding hydrogens is 248 g/mol. The Labute approximate surface area is 122 Å². The molecule has 0 spiro atoms. The van der Waals surface area contributed by atoms with Gasteiger partial charge in [0.15, 0.2) is 0 Å². The lowest BCUT2D eigenvalue weighted by molar-refractivity contribution is -0.161. The van der Waals surface area contributed by atoms with Crippen LogP contribution in [0.4, 0.5) is 0 Å². The Morgan fingerprint density at radius 1 is 1.25 bits per heavy atom. The highest BCUT2D eigenvalue weighted by atomic mass is 16.5. The highest BCUT2D eigenvalue weighted by molar-refractivity contribution is 5.77. The van der Waals surface area contributed by atoms with Crippen molar-refractivity contribution in [1.82, 2.24) is 0 Å². The van der Waals surface area contributed by atoms with Crippen LogP contribution in [0.5, 0.6) is 0 Å². The number of hydrogen-bond acceptors (Lipinski definition) is 2. The van der Waals surface area contributed by atoms with E-state index in [1.807, 2.05) is 0 Å². The van der Waals surface area contributed by atoms with E-state index in [0.717, 1.165) is 36.0 Å². The number of esters is 1. The number of ether oxygens (including phenoxy) is 1. The van der Waals surface area contributed by atoms with Crippen LogP contribution in [0.1, 0.15) is 40.0 Å². The van der Waals surface area contributed by atoms with Gasteiger partial charge in [0.2, 0.25) is 0 Å². The molecule has 0 radical (unpaired) electrons. The summed E-state index contributed by atoms with van der Waals surface area (Å²) in [5, 5.41) is 0. The lowest BCUT2D eigenvalue weighted by Crippen LogP contribution is -2.43. The molecule has 0 aliphatic heterocycles. The third kappa shape index (κ3) is 1.54. The van der Waals surface area contributed by atoms with E-state index in [1.165, 1.54) is 12.8 Å². The Bertz CT molecular complexity index is 466. The summed E-state index contributed by atoms with van der Waals surface area (Å²) < 4.78 is 5.61. The summed E-state index contributed by atoms with van der Waals surface area (Å²) in [6.07, 6.45) is 8.61. The number of carbonyl (C=O) groups is 1. The number of hydrogen-bond donors (Lipinski definition) is 0. The molecule has 0 aromatic carbocycles. The third-order valence-electron chi connectivity index (χ3n) is 6.67. The summed E-state index contributed by atoms with van der Waals surface area (Å²) in [4.78, 5) is 12.6. The fourth-order valence-corrected chi connectivity index (χ4v) is 6.01. The van der Waals surface area contributed by atoms with Crippen molar-refractivity contribution < 1.29 is 9.53 Å². The predicted molar refractivity (Wildman–Crippen MR) is 77.8 cm³/mol. The molecule has 3 saturated carbocycles. The SMILES string of the molecule is CC(C)COC(=O)C1(C)CC2CC1C1C3C=CC(C3)C21. The van der Waals surface area contributed by atoms with Crippen LogP contribution >= 0.6 is 0 Å². The van der Waals surface area contributed by atoms with Crippen molar-refractivity contribution in [1.29, 1.82) is 0 Å². The maximum absolute atomic E-state index is 12.6. The van der Waals surface area contributed by atoms with Crippen LogP contribution in [0.3, 0.4) is 0 Å². The van der Waals surface area contributed by atoms with Crippen molar-refractivity contribution in [3.05, 3.63) is 12.2 Å². The molecule has 4 bridgehead atoms. The van der Waals surface area contributed by atoms with E-state index in [2.05, 4.69) is 32.9 Å². The van der Waals surface area contributed by atoms with Crippen LogP contribution in [-0.2, 0) is 9.53 Å². The molecule has 4 rings (SSSR count). The minimum absolute atomic E-state index is 0.0869. The molecule has 0 aromatic heterocycles. The molecule has 3 fully saturated rings. The first-order valence-electron chi connectivity index (χ1n) is 8.36. The molecule has 2 heteroatoms. The van der Waals surface area contributed by atoms with Gasteiger partial charge in [-0.3, -0.25) is 4.79 Å². The molecule has 4 aliphatic carbocycles. The van der Waals surface area contributed by atoms with Gasteiger partial charge in [0.25, 0.3) is 0 Å². The van der Waals surface area contributed by atoms with Crippen molar-refractivity contribution in [2.24, 2.45) is 46.8 Å². The third-order valence-corrected chi connectivity index (χ3v) is 6.67. The second kappa shape index (κ2) is 4.11. The minimum Gasteiger partial charge on any atom is -0.465 e. The van der Waals surface area contributed by atoms with Crippen LogP contribution in [0.15, 0.2) is 12.2 Å². The topological polar surface area (TPSA) is 26.3 Å². The Morgan fingerprint density at radius 3 is 2.65 bits per heavy atom. The second-order valence-corrected chi connectivity index (χ2v) is 8.32. The van der Waals surface area contributed by atoms with Crippen molar-refractivity contribution >= 4 is 5.97 Å². The van der Waals surface area contributed by atoms with E-state index < -0.39 is 0 Å². The predicted octanol–water partition coefficient (Wildman–Crippen LogP) is 3.67. The van der Waals surface area contributed by atoms with E-state index in [4.69, 9.17) is 4.74 Å². The molecule has 0 aromatic rings. The summed E-state index contributed by atoms with van der Waals surface area (Å²) in [7, 11) is 0. The van der Waals surface area contributed by atoms with Crippen molar-refractivity contribution in [2.45, 2.75) is 40.0 Å². The van der Waals surface area contributed by atoms with Crippen molar-refractivity contribution in [3.8, 4) is 0 Å². The Kier molecular flexibility index (Phi) is 2.66. The van der Waals surface area contributed by atoms with Crippen LogP contribution in [0.25, 0.3) is 0 Å². The van der Waals surface area contributed by atoms with Crippen LogP contribution in [-0.4, -0.2) is 12.6 Å². The zero-order valence-corrected chi connectivity index (χ0v) is 12.8. The average Bonchev–Trinajstić information content (AvgIpc) is 3.12. The van der Waals surface area contributed by atoms with Gasteiger partial charge in [-0.05, 0) is 67.6 Å². The summed E-state index contributed by atoms with van der Waals surface area (Å²) in [5.74, 6) is 5.14. The summed E-state index contributed by atoms with van der Waals surface area (Å²) in [6.45, 7) is 6.97. The molecule has 7 atom stereocenters. The molecule has 4 aliphatic rings. The molecule has 2 nitrogen and oxygen atoms in total. The lowest BCUT2D eigenvalue weighted by Gasteiger charge is -2.41. The largest absolute Gasteiger partial charge is 0.465 e. The molecule has 7 unspecified atom stereocenters. The van der Waals surface area contributed by atoms with Gasteiger partial charge in [-0.1, -0.05) is 26.0 Å². The Balaban J connectivity index is 1.54. The van der Waals surface area contributed by atoms with Gasteiger partial charge in [-0.2, -0.15) is 0 Å². The van der Waals surface area contributed by atoms with Gasteiger partial charge >= 0.3 is 5.97 Å². The van der Waals surface area contributed by atoms with E-state index in [-0.39, 0.29) is 11.4 Å². The minimum atomic E-state index is -0.195. The van der Waals surface area contributed by atoms with Crippen LogP contribution < -0.4 is 0 Å². The zero-order valence-electron chi connectivity index (χ0n) is 12.8. The van der Waals surface area contributed by atoms with Gasteiger partial charge in [-0.25, -0.2) is 0 Å². The molecule has 0 amide bonds. The Hall–Kier alpha value is -0.790. The number of allylic oxidation sites excluding steroid dienone is 2. The highest BCUT2D eigenvalue weighted by Gasteiger charge is 2.66. The van der Waals surface area contributed by atoms with E-state index in [0.29, 0.717) is 18.4 Å². The van der Waals surface area contributed by atoms with Crippen molar-refractivity contribution in [2.75, 3.05) is 6.61 Å². The molecular formula is C18H26O2. The second-order valence-electron chi connectivity index (χ2n) is 8.32. The first kappa shape index (κ1) is 12.9. The number of fused-ring (bicyclic) bond motifs is 9. The van der Waals surface area contributed by atoms with Crippen LogP contribution in [0, 0.1) is 46.8 Å². The monoisotopic (exact) mass is 274 g/mol. The summed E-state index contributed by atoms with van der Waals surface area (Å²) in [5.41, 5.74) is -0.195. The van der Waals surface area contributed by atoms with E-state index >= 15 is 0 Å². The van der Waals surface area contributed by atoms with E-state index in [9.17, 15) is 4.79 Å². The lowest BCUT2D eigenvalue weighted by atomic mass is 9.63. The molecule has 0 N–H and O–H groups in total.